The molecule has 0 radical (unpaired) electrons. The molecule has 0 fully saturated rings. The highest BCUT2D eigenvalue weighted by Gasteiger charge is 2.13. The molecule has 0 bridgehead atoms. The van der Waals surface area contributed by atoms with Crippen LogP contribution in [0.5, 0.6) is 0 Å². The molecule has 0 N–H and O–H groups in total. The predicted molar refractivity (Wildman–Crippen MR) is 62.3 cm³/mol. The van der Waals surface area contributed by atoms with Gasteiger partial charge >= 0.3 is 0 Å². The summed E-state index contributed by atoms with van der Waals surface area (Å²) >= 11 is 6.00. The number of rotatable bonds is 1. The van der Waals surface area contributed by atoms with Crippen molar-refractivity contribution in [2.24, 2.45) is 0 Å². The largest absolute Gasteiger partial charge is 0.220 e. The number of fused-ring (bicyclic) bond motifs is 1. The van der Waals surface area contributed by atoms with Crippen molar-refractivity contribution in [1.29, 1.82) is 0 Å². The third-order valence-electron chi connectivity index (χ3n) is 2.95. The van der Waals surface area contributed by atoms with E-state index in [9.17, 15) is 0 Å². The van der Waals surface area contributed by atoms with Gasteiger partial charge in [0, 0.05) is 5.56 Å². The fourth-order valence-corrected chi connectivity index (χ4v) is 2.35. The molecule has 0 atom stereocenters. The van der Waals surface area contributed by atoms with E-state index in [1.165, 1.54) is 30.3 Å². The van der Waals surface area contributed by atoms with E-state index in [-0.39, 0.29) is 0 Å². The Morgan fingerprint density at radius 3 is 2.88 bits per heavy atom. The van der Waals surface area contributed by atoms with Crippen LogP contribution in [0.3, 0.4) is 0 Å². The van der Waals surface area contributed by atoms with E-state index in [2.05, 4.69) is 27.3 Å². The quantitative estimate of drug-likeness (QED) is 0.758. The topological polar surface area (TPSA) is 38.7 Å². The van der Waals surface area contributed by atoms with E-state index in [4.69, 9.17) is 11.6 Å². The Kier molecular flexibility index (Phi) is 2.33. The molecule has 3 rings (SSSR count). The van der Waals surface area contributed by atoms with E-state index in [1.807, 2.05) is 6.07 Å². The van der Waals surface area contributed by atoms with Crippen molar-refractivity contribution in [2.75, 3.05) is 0 Å². The highest BCUT2D eigenvalue weighted by Crippen LogP contribution is 2.29. The zero-order chi connectivity index (χ0) is 11.0. The van der Waals surface area contributed by atoms with Crippen LogP contribution in [0.15, 0.2) is 24.5 Å². The average Bonchev–Trinajstić information content (AvgIpc) is 2.76. The van der Waals surface area contributed by atoms with Crippen LogP contribution in [0.1, 0.15) is 17.5 Å². The number of aromatic nitrogens is 3. The molecule has 1 aromatic carbocycles. The van der Waals surface area contributed by atoms with Crippen molar-refractivity contribution in [3.05, 3.63) is 40.8 Å². The number of halogens is 1. The maximum atomic E-state index is 6.00. The second-order valence-electron chi connectivity index (χ2n) is 3.94. The van der Waals surface area contributed by atoms with Crippen molar-refractivity contribution < 1.29 is 0 Å². The Labute approximate surface area is 98.5 Å². The molecule has 1 aliphatic rings. The summed E-state index contributed by atoms with van der Waals surface area (Å²) in [4.78, 5) is 3.94. The lowest BCUT2D eigenvalue weighted by Crippen LogP contribution is -1.92. The molecule has 3 nitrogen and oxygen atoms in total. The van der Waals surface area contributed by atoms with Gasteiger partial charge in [0.15, 0.2) is 5.15 Å². The van der Waals surface area contributed by atoms with Crippen molar-refractivity contribution in [3.8, 4) is 11.3 Å². The van der Waals surface area contributed by atoms with Crippen molar-refractivity contribution in [3.63, 3.8) is 0 Å². The van der Waals surface area contributed by atoms with Gasteiger partial charge in [-0.1, -0.05) is 23.7 Å². The summed E-state index contributed by atoms with van der Waals surface area (Å²) in [6.07, 6.45) is 4.93. The first kappa shape index (κ1) is 9.73. The molecule has 1 heterocycles. The molecule has 80 valence electrons. The smallest absolute Gasteiger partial charge is 0.159 e. The number of nitrogens with zero attached hydrogens (tertiary/aromatic N) is 3. The van der Waals surface area contributed by atoms with Gasteiger partial charge in [0.05, 0.1) is 0 Å². The van der Waals surface area contributed by atoms with Gasteiger partial charge in [-0.2, -0.15) is 0 Å². The number of aryl methyl sites for hydroxylation is 2. The number of benzene rings is 1. The standard InChI is InChI=1S/C12H10ClN3/c13-12-11(16-15-7-14-12)10-5-4-8-2-1-3-9(8)6-10/h4-7H,1-3H2. The third kappa shape index (κ3) is 1.57. The molecule has 1 aromatic heterocycles. The van der Waals surface area contributed by atoms with E-state index in [1.54, 1.807) is 0 Å². The predicted octanol–water partition coefficient (Wildman–Crippen LogP) is 2.68. The summed E-state index contributed by atoms with van der Waals surface area (Å²) in [5, 5.41) is 8.21. The lowest BCUT2D eigenvalue weighted by Gasteiger charge is -2.04. The van der Waals surface area contributed by atoms with E-state index >= 15 is 0 Å². The molecule has 16 heavy (non-hydrogen) atoms. The van der Waals surface area contributed by atoms with Crippen LogP contribution in [0.2, 0.25) is 5.15 Å². The number of hydrogen-bond donors (Lipinski definition) is 0. The summed E-state index contributed by atoms with van der Waals surface area (Å²) in [6.45, 7) is 0. The van der Waals surface area contributed by atoms with Gasteiger partial charge in [0.1, 0.15) is 12.0 Å². The summed E-state index contributed by atoms with van der Waals surface area (Å²) in [5.41, 5.74) is 4.51. The Bertz CT molecular complexity index is 540. The molecule has 0 aliphatic heterocycles. The third-order valence-corrected chi connectivity index (χ3v) is 3.22. The second kappa shape index (κ2) is 3.83. The Morgan fingerprint density at radius 2 is 2.00 bits per heavy atom. The minimum absolute atomic E-state index is 0.410. The average molecular weight is 232 g/mol. The Morgan fingerprint density at radius 1 is 1.12 bits per heavy atom. The van der Waals surface area contributed by atoms with Gasteiger partial charge < -0.3 is 0 Å². The maximum absolute atomic E-state index is 6.00. The minimum atomic E-state index is 0.410. The SMILES string of the molecule is Clc1ncnnc1-c1ccc2c(c1)CCC2. The highest BCUT2D eigenvalue weighted by molar-refractivity contribution is 6.31. The van der Waals surface area contributed by atoms with Crippen LogP contribution >= 0.6 is 11.6 Å². The van der Waals surface area contributed by atoms with Gasteiger partial charge in [0.2, 0.25) is 0 Å². The first-order valence-corrected chi connectivity index (χ1v) is 5.68. The lowest BCUT2D eigenvalue weighted by molar-refractivity contribution is 0.911. The first-order valence-electron chi connectivity index (χ1n) is 5.30. The van der Waals surface area contributed by atoms with Gasteiger partial charge in [0.25, 0.3) is 0 Å². The monoisotopic (exact) mass is 231 g/mol. The van der Waals surface area contributed by atoms with Crippen molar-refractivity contribution in [1.82, 2.24) is 15.2 Å². The molecule has 1 aliphatic carbocycles. The zero-order valence-corrected chi connectivity index (χ0v) is 9.41. The van der Waals surface area contributed by atoms with Crippen LogP contribution in [-0.2, 0) is 12.8 Å². The van der Waals surface area contributed by atoms with Gasteiger partial charge in [-0.05, 0) is 36.5 Å². The number of hydrogen-bond acceptors (Lipinski definition) is 3. The van der Waals surface area contributed by atoms with Crippen LogP contribution in [0, 0.1) is 0 Å². The molecule has 2 aromatic rings. The summed E-state index contributed by atoms with van der Waals surface area (Å²) in [6, 6.07) is 6.35. The van der Waals surface area contributed by atoms with E-state index in [0.717, 1.165) is 12.0 Å². The van der Waals surface area contributed by atoms with Gasteiger partial charge in [-0.15, -0.1) is 10.2 Å². The molecule has 0 amide bonds. The molecular formula is C12H10ClN3. The minimum Gasteiger partial charge on any atom is -0.220 e. The maximum Gasteiger partial charge on any atom is 0.159 e. The van der Waals surface area contributed by atoms with Crippen LogP contribution in [-0.4, -0.2) is 15.2 Å². The molecule has 0 spiro atoms. The van der Waals surface area contributed by atoms with Crippen molar-refractivity contribution >= 4 is 11.6 Å². The normalized spacial score (nSPS) is 13.8. The van der Waals surface area contributed by atoms with E-state index < -0.39 is 0 Å². The Balaban J connectivity index is 2.11. The van der Waals surface area contributed by atoms with E-state index in [0.29, 0.717) is 10.8 Å². The molecule has 0 unspecified atom stereocenters. The van der Waals surface area contributed by atoms with Gasteiger partial charge in [-0.3, -0.25) is 0 Å². The first-order chi connectivity index (χ1) is 7.84. The lowest BCUT2D eigenvalue weighted by atomic mass is 10.0. The van der Waals surface area contributed by atoms with Gasteiger partial charge in [-0.25, -0.2) is 4.98 Å². The molecule has 4 heteroatoms. The molecular weight excluding hydrogens is 222 g/mol. The van der Waals surface area contributed by atoms with Crippen molar-refractivity contribution in [2.45, 2.75) is 19.3 Å². The summed E-state index contributed by atoms with van der Waals surface area (Å²) < 4.78 is 0. The molecule has 0 saturated heterocycles. The molecule has 0 saturated carbocycles. The summed E-state index contributed by atoms with van der Waals surface area (Å²) in [7, 11) is 0. The fraction of sp³-hybridized carbons (Fsp3) is 0.250. The fourth-order valence-electron chi connectivity index (χ4n) is 2.16. The van der Waals surface area contributed by atoms with Crippen LogP contribution in [0.25, 0.3) is 11.3 Å². The highest BCUT2D eigenvalue weighted by atomic mass is 35.5. The van der Waals surface area contributed by atoms with Crippen LogP contribution < -0.4 is 0 Å². The second-order valence-corrected chi connectivity index (χ2v) is 4.29. The zero-order valence-electron chi connectivity index (χ0n) is 8.65. The van der Waals surface area contributed by atoms with Crippen LogP contribution in [0.4, 0.5) is 0 Å². The Hall–Kier alpha value is -1.48. The summed E-state index contributed by atoms with van der Waals surface area (Å²) in [5.74, 6) is 0.